The molecule has 4 aromatic heterocycles. The highest BCUT2D eigenvalue weighted by molar-refractivity contribution is 9.10. The van der Waals surface area contributed by atoms with E-state index in [1.165, 1.54) is 0 Å². The first-order chi connectivity index (χ1) is 41.8. The summed E-state index contributed by atoms with van der Waals surface area (Å²) >= 11 is 3.60. The van der Waals surface area contributed by atoms with Crippen molar-refractivity contribution in [2.24, 2.45) is 0 Å². The van der Waals surface area contributed by atoms with Crippen LogP contribution in [0.5, 0.6) is 0 Å². The van der Waals surface area contributed by atoms with Gasteiger partial charge < -0.3 is 57.0 Å². The van der Waals surface area contributed by atoms with Gasteiger partial charge in [0.05, 0.1) is 57.7 Å². The van der Waals surface area contributed by atoms with Crippen LogP contribution in [0.3, 0.4) is 0 Å². The molecule has 0 atom stereocenters. The van der Waals surface area contributed by atoms with Gasteiger partial charge in [-0.3, -0.25) is 9.59 Å². The zero-order valence-corrected chi connectivity index (χ0v) is 60.7. The summed E-state index contributed by atoms with van der Waals surface area (Å²) in [5, 5.41) is 12.0. The fourth-order valence-electron chi connectivity index (χ4n) is 10.5. The van der Waals surface area contributed by atoms with E-state index in [0.29, 0.717) is 39.6 Å². The molecule has 486 valence electrons. The Morgan fingerprint density at radius 1 is 0.511 bits per heavy atom. The van der Waals surface area contributed by atoms with Crippen LogP contribution in [0.15, 0.2) is 77.5 Å². The summed E-state index contributed by atoms with van der Waals surface area (Å²) in [6, 6.07) is 22.7. The number of pyridine rings is 2. The molecule has 9 heterocycles. The summed E-state index contributed by atoms with van der Waals surface area (Å²) in [6.07, 6.45) is 3.58. The minimum atomic E-state index is -1.20. The highest BCUT2D eigenvalue weighted by atomic mass is 79.9. The van der Waals surface area contributed by atoms with Gasteiger partial charge in [-0.05, 0) is 149 Å². The van der Waals surface area contributed by atoms with Crippen molar-refractivity contribution in [2.75, 3.05) is 76.4 Å². The molecule has 0 bridgehead atoms. The fraction of sp³-hybridized carbons (Fsp3) is 0.594. The van der Waals surface area contributed by atoms with Gasteiger partial charge in [-0.25, -0.2) is 19.3 Å². The van der Waals surface area contributed by atoms with Crippen LogP contribution >= 0.6 is 15.9 Å². The Morgan fingerprint density at radius 3 is 1.28 bits per heavy atom. The number of hydrogen-bond donors (Lipinski definition) is 0. The third-order valence-electron chi connectivity index (χ3n) is 18.8. The highest BCUT2D eigenvalue weighted by Crippen LogP contribution is 2.44. The van der Waals surface area contributed by atoms with E-state index in [2.05, 4.69) is 123 Å². The van der Waals surface area contributed by atoms with Crippen molar-refractivity contribution in [3.05, 3.63) is 77.5 Å². The molecule has 0 radical (unpaired) electrons. The van der Waals surface area contributed by atoms with E-state index < -0.39 is 48.5 Å². The first-order valence-corrected chi connectivity index (χ1v) is 39.8. The van der Waals surface area contributed by atoms with Gasteiger partial charge >= 0.3 is 21.1 Å². The minimum Gasteiger partial charge on any atom is -0.405 e. The Morgan fingerprint density at radius 2 is 0.889 bits per heavy atom. The van der Waals surface area contributed by atoms with Crippen LogP contribution in [0.25, 0.3) is 44.3 Å². The zero-order chi connectivity index (χ0) is 65.7. The van der Waals surface area contributed by atoms with Gasteiger partial charge in [0.1, 0.15) is 36.5 Å². The summed E-state index contributed by atoms with van der Waals surface area (Å²) in [7, 11) is -0.0748. The van der Waals surface area contributed by atoms with E-state index in [0.717, 1.165) is 104 Å². The van der Waals surface area contributed by atoms with Gasteiger partial charge in [-0.1, -0.05) is 67.3 Å². The number of rotatable bonds is 16. The van der Waals surface area contributed by atoms with Crippen molar-refractivity contribution >= 4 is 104 Å². The van der Waals surface area contributed by atoms with Gasteiger partial charge in [0.25, 0.3) is 0 Å². The molecule has 5 saturated heterocycles. The predicted octanol–water partition coefficient (Wildman–Crippen LogP) is 10.7. The van der Waals surface area contributed by atoms with Gasteiger partial charge in [-0.2, -0.15) is 10.2 Å². The number of fused-ring (bicyclic) bond motifs is 2. The van der Waals surface area contributed by atoms with Crippen molar-refractivity contribution in [1.29, 1.82) is 0 Å². The first kappa shape index (κ1) is 69.4. The molecule has 5 aliphatic rings. The quantitative estimate of drug-likeness (QED) is 0.0658. The first-order valence-electron chi connectivity index (χ1n) is 31.6. The maximum atomic E-state index is 12.4. The molecule has 2 aromatic carbocycles. The number of carbonyl (C=O) groups excluding carboxylic acids is 2. The standard InChI is InChI=1S/C29H42BN5O4Si.C23H30BrN5O2Si.C12H24B2O4/c1-28(2)29(3,4)39-30(38-28)22-9-10-24-23(18-22)27(32-35(24)20-37-15-16-40(6,7)8)21-11-12-31-25(17-21)34-14-13-33(5)26(36)19-34;1-27-9-10-28(15-22(27)30)21-13-17(7-8-25-21)23-19-14-18(24)5-6-20(19)29(26-23)16-31-11-12-32(2,3)4;1-9(2)10(3,4)16-13(15-9)14-17-11(5,6)12(7,8)18-14/h9-12,17-18H,13-16,19-20H2,1-8H3;5-8,13-14H,9-12,15-16H2,1-4H3;1-8H3. The lowest BCUT2D eigenvalue weighted by Crippen LogP contribution is -2.48. The molecule has 90 heavy (non-hydrogen) atoms. The molecule has 20 nitrogen and oxygen atoms in total. The molecule has 2 amide bonds. The van der Waals surface area contributed by atoms with Crippen molar-refractivity contribution in [3.8, 4) is 22.5 Å². The van der Waals surface area contributed by atoms with E-state index >= 15 is 0 Å². The van der Waals surface area contributed by atoms with Crippen LogP contribution in [-0.4, -0.2) is 189 Å². The Bertz CT molecular complexity index is 3470. The SMILES string of the molecule is CC1(C)OB(B2OC(C)(C)C(C)(C)O2)OC1(C)C.CN1CCN(c2cc(-c3nn(COCC[Si](C)(C)C)c4ccc(B5OC(C)(C)C(C)(C)O5)cc34)ccn2)CC1=O.CN1CCN(c2cc(-c3nn(COCC[Si](C)(C)C)c4ccc(Br)cc34)ccn2)CC1=O. The molecule has 0 N–H and O–H groups in total. The molecular formula is C64H96B3BrN10O10Si2. The summed E-state index contributed by atoms with van der Waals surface area (Å²) < 4.78 is 53.5. The molecule has 11 rings (SSSR count). The number of nitrogens with zero attached hydrogens (tertiary/aromatic N) is 10. The summed E-state index contributed by atoms with van der Waals surface area (Å²) in [5.41, 5.74) is 4.31. The largest absolute Gasteiger partial charge is 0.494 e. The molecular weight excluding hydrogens is 1240 g/mol. The predicted molar refractivity (Wildman–Crippen MR) is 369 cm³/mol. The molecule has 0 saturated carbocycles. The zero-order valence-electron chi connectivity index (χ0n) is 57.1. The van der Waals surface area contributed by atoms with Crippen LogP contribution in [0.1, 0.15) is 83.1 Å². The summed E-state index contributed by atoms with van der Waals surface area (Å²) in [6.45, 7) is 44.4. The second kappa shape index (κ2) is 26.4. The number of ether oxygens (including phenoxy) is 2. The number of amides is 2. The molecule has 5 fully saturated rings. The lowest BCUT2D eigenvalue weighted by atomic mass is 9.49. The number of likely N-dealkylation sites (N-methyl/N-ethyl adjacent to an activating group) is 2. The van der Waals surface area contributed by atoms with E-state index in [9.17, 15) is 9.59 Å². The smallest absolute Gasteiger partial charge is 0.405 e. The van der Waals surface area contributed by atoms with Crippen molar-refractivity contribution in [2.45, 2.75) is 182 Å². The minimum absolute atomic E-state index is 0.0932. The maximum Gasteiger partial charge on any atom is 0.494 e. The number of aromatic nitrogens is 6. The number of anilines is 2. The lowest BCUT2D eigenvalue weighted by molar-refractivity contribution is -0.130. The van der Waals surface area contributed by atoms with E-state index in [1.54, 1.807) is 22.2 Å². The highest BCUT2D eigenvalue weighted by Gasteiger charge is 2.64. The number of halogens is 1. The molecule has 0 aliphatic carbocycles. The second-order valence-corrected chi connectivity index (χ2v) is 42.1. The molecule has 0 spiro atoms. The van der Waals surface area contributed by atoms with E-state index in [1.807, 2.05) is 119 Å². The third kappa shape index (κ3) is 15.8. The van der Waals surface area contributed by atoms with Crippen molar-refractivity contribution < 1.29 is 47.0 Å². The van der Waals surface area contributed by atoms with Gasteiger partial charge in [-0.15, -0.1) is 0 Å². The van der Waals surface area contributed by atoms with Gasteiger partial charge in [0.15, 0.2) is 0 Å². The van der Waals surface area contributed by atoms with Gasteiger partial charge in [0, 0.05) is 108 Å². The average molecular weight is 1330 g/mol. The monoisotopic (exact) mass is 1330 g/mol. The van der Waals surface area contributed by atoms with Crippen LogP contribution in [0.2, 0.25) is 51.4 Å². The maximum absolute atomic E-state index is 12.4. The second-order valence-electron chi connectivity index (χ2n) is 29.9. The average Bonchev–Trinajstić information content (AvgIpc) is 1.62. The Labute approximate surface area is 545 Å². The van der Waals surface area contributed by atoms with Crippen LogP contribution in [0.4, 0.5) is 11.6 Å². The normalized spacial score (nSPS) is 20.3. The van der Waals surface area contributed by atoms with Crippen molar-refractivity contribution in [3.63, 3.8) is 0 Å². The van der Waals surface area contributed by atoms with E-state index in [-0.39, 0.29) is 34.2 Å². The Hall–Kier alpha value is -4.99. The molecule has 5 aliphatic heterocycles. The Kier molecular flexibility index (Phi) is 20.4. The number of benzene rings is 2. The van der Waals surface area contributed by atoms with Gasteiger partial charge in [0.2, 0.25) is 11.8 Å². The summed E-state index contributed by atoms with van der Waals surface area (Å²) in [4.78, 5) is 41.2. The number of carbonyl (C=O) groups is 2. The summed E-state index contributed by atoms with van der Waals surface area (Å²) in [5.74, 6) is 1.77. The molecule has 26 heteroatoms. The number of piperazine rings is 2. The molecule has 0 unspecified atom stereocenters. The lowest BCUT2D eigenvalue weighted by Gasteiger charge is -2.32. The van der Waals surface area contributed by atoms with E-state index in [4.69, 9.17) is 47.6 Å². The Balaban J connectivity index is 0.000000171. The molecule has 6 aromatic rings. The third-order valence-corrected chi connectivity index (χ3v) is 22.7. The van der Waals surface area contributed by atoms with Crippen LogP contribution < -0.4 is 15.3 Å². The van der Waals surface area contributed by atoms with Crippen LogP contribution in [0, 0.1) is 0 Å². The number of hydrogen-bond acceptors (Lipinski definition) is 16. The van der Waals surface area contributed by atoms with Crippen molar-refractivity contribution in [1.82, 2.24) is 39.3 Å². The van der Waals surface area contributed by atoms with Crippen LogP contribution in [-0.2, 0) is 60.5 Å². The fourth-order valence-corrected chi connectivity index (χ4v) is 12.4. The topological polar surface area (TPSA) is 182 Å².